The smallest absolute Gasteiger partial charge is 0.262 e. The van der Waals surface area contributed by atoms with Crippen LogP contribution in [0.3, 0.4) is 0 Å². The van der Waals surface area contributed by atoms with Gasteiger partial charge in [-0.25, -0.2) is 0 Å². The van der Waals surface area contributed by atoms with Crippen LogP contribution in [0.5, 0.6) is 5.75 Å². The fraction of sp³-hybridized carbons (Fsp3) is 0.0909. The molecule has 4 nitrogen and oxygen atoms in total. The third-order valence-electron chi connectivity index (χ3n) is 3.60. The molecule has 0 saturated carbocycles. The second-order valence-corrected chi connectivity index (χ2v) is 6.21. The number of ether oxygens (including phenoxy) is 1. The van der Waals surface area contributed by atoms with E-state index in [9.17, 15) is 9.59 Å². The van der Waals surface area contributed by atoms with E-state index in [1.165, 1.54) is 6.07 Å². The van der Waals surface area contributed by atoms with Crippen molar-refractivity contribution < 1.29 is 14.3 Å². The summed E-state index contributed by atoms with van der Waals surface area (Å²) in [7, 11) is 0. The molecule has 27 heavy (non-hydrogen) atoms. The topological polar surface area (TPSA) is 55.4 Å². The van der Waals surface area contributed by atoms with Gasteiger partial charge in [0.25, 0.3) is 5.91 Å². The van der Waals surface area contributed by atoms with Gasteiger partial charge >= 0.3 is 0 Å². The minimum atomic E-state index is -0.376. The number of carbonyl (C=O) groups is 2. The van der Waals surface area contributed by atoms with Crippen LogP contribution in [0, 0.1) is 0 Å². The lowest BCUT2D eigenvalue weighted by atomic mass is 10.0. The number of hydrogen-bond donors (Lipinski definition) is 1. The van der Waals surface area contributed by atoms with E-state index in [4.69, 9.17) is 16.3 Å². The number of halogens is 1. The van der Waals surface area contributed by atoms with E-state index in [1.807, 2.05) is 6.07 Å². The SMILES string of the molecule is C=C/C=C(/NC(=O)COc1ccc(Cl)cc1C(=O)c1ccccc1)C(=C)C. The van der Waals surface area contributed by atoms with Crippen LogP contribution in [-0.4, -0.2) is 18.3 Å². The molecule has 2 aromatic carbocycles. The zero-order valence-corrected chi connectivity index (χ0v) is 15.8. The molecule has 0 bridgehead atoms. The van der Waals surface area contributed by atoms with Crippen LogP contribution in [0.25, 0.3) is 0 Å². The summed E-state index contributed by atoms with van der Waals surface area (Å²) in [5.41, 5.74) is 2.04. The van der Waals surface area contributed by atoms with E-state index < -0.39 is 0 Å². The fourth-order valence-electron chi connectivity index (χ4n) is 2.29. The molecule has 1 N–H and O–H groups in total. The largest absolute Gasteiger partial charge is 0.483 e. The van der Waals surface area contributed by atoms with Crippen molar-refractivity contribution in [1.29, 1.82) is 0 Å². The molecular formula is C22H20ClNO3. The van der Waals surface area contributed by atoms with Crippen molar-refractivity contribution in [3.8, 4) is 5.75 Å². The fourth-order valence-corrected chi connectivity index (χ4v) is 2.46. The lowest BCUT2D eigenvalue weighted by Gasteiger charge is -2.13. The Hall–Kier alpha value is -3.11. The summed E-state index contributed by atoms with van der Waals surface area (Å²) in [5, 5.41) is 3.10. The summed E-state index contributed by atoms with van der Waals surface area (Å²) < 4.78 is 5.58. The average molecular weight is 382 g/mol. The van der Waals surface area contributed by atoms with Crippen molar-refractivity contribution in [3.63, 3.8) is 0 Å². The third-order valence-corrected chi connectivity index (χ3v) is 3.83. The van der Waals surface area contributed by atoms with Gasteiger partial charge in [0.05, 0.1) is 5.56 Å². The van der Waals surface area contributed by atoms with Crippen molar-refractivity contribution in [3.05, 3.63) is 101 Å². The van der Waals surface area contributed by atoms with Crippen LogP contribution in [0.2, 0.25) is 5.02 Å². The van der Waals surface area contributed by atoms with Gasteiger partial charge in [0.1, 0.15) is 5.75 Å². The van der Waals surface area contributed by atoms with Gasteiger partial charge in [0, 0.05) is 16.3 Å². The van der Waals surface area contributed by atoms with Crippen LogP contribution >= 0.6 is 11.6 Å². The molecule has 0 heterocycles. The molecule has 0 aliphatic carbocycles. The highest BCUT2D eigenvalue weighted by atomic mass is 35.5. The normalized spacial score (nSPS) is 10.8. The predicted molar refractivity (Wildman–Crippen MR) is 108 cm³/mol. The molecular weight excluding hydrogens is 362 g/mol. The minimum Gasteiger partial charge on any atom is -0.483 e. The monoisotopic (exact) mass is 381 g/mol. The van der Waals surface area contributed by atoms with Gasteiger partial charge in [-0.2, -0.15) is 0 Å². The van der Waals surface area contributed by atoms with Crippen LogP contribution in [0.1, 0.15) is 22.8 Å². The van der Waals surface area contributed by atoms with E-state index in [1.54, 1.807) is 55.5 Å². The summed E-state index contributed by atoms with van der Waals surface area (Å²) >= 11 is 6.04. The number of amides is 1. The molecule has 5 heteroatoms. The molecule has 0 saturated heterocycles. The van der Waals surface area contributed by atoms with Gasteiger partial charge in [0.15, 0.2) is 12.4 Å². The zero-order chi connectivity index (χ0) is 19.8. The van der Waals surface area contributed by atoms with E-state index in [0.717, 1.165) is 0 Å². The number of benzene rings is 2. The Morgan fingerprint density at radius 1 is 1.19 bits per heavy atom. The molecule has 0 atom stereocenters. The molecule has 2 aromatic rings. The van der Waals surface area contributed by atoms with Crippen molar-refractivity contribution in [2.75, 3.05) is 6.61 Å². The standard InChI is InChI=1S/C22H20ClNO3/c1-4-8-19(15(2)3)24-21(25)14-27-20-12-11-17(23)13-18(20)22(26)16-9-6-5-7-10-16/h4-13H,1-2,14H2,3H3,(H,24,25)/b19-8+. The van der Waals surface area contributed by atoms with Crippen molar-refractivity contribution in [1.82, 2.24) is 5.32 Å². The first-order valence-electron chi connectivity index (χ1n) is 8.23. The van der Waals surface area contributed by atoms with Gasteiger partial charge in [-0.3, -0.25) is 9.59 Å². The maximum absolute atomic E-state index is 12.7. The highest BCUT2D eigenvalue weighted by Crippen LogP contribution is 2.25. The van der Waals surface area contributed by atoms with Crippen LogP contribution in [0.15, 0.2) is 85.1 Å². The molecule has 0 aliphatic rings. The minimum absolute atomic E-state index is 0.234. The number of allylic oxidation sites excluding steroid dienone is 3. The Balaban J connectivity index is 2.16. The summed E-state index contributed by atoms with van der Waals surface area (Å²) in [6.07, 6.45) is 3.20. The quantitative estimate of drug-likeness (QED) is 0.532. The molecule has 0 spiro atoms. The molecule has 1 amide bonds. The number of hydrogen-bond acceptors (Lipinski definition) is 3. The maximum atomic E-state index is 12.7. The summed E-state index contributed by atoms with van der Waals surface area (Å²) in [6.45, 7) is 8.90. The molecule has 0 radical (unpaired) electrons. The Morgan fingerprint density at radius 3 is 2.52 bits per heavy atom. The molecule has 2 rings (SSSR count). The first kappa shape index (κ1) is 20.2. The van der Waals surface area contributed by atoms with Crippen LogP contribution < -0.4 is 10.1 Å². The maximum Gasteiger partial charge on any atom is 0.262 e. The lowest BCUT2D eigenvalue weighted by molar-refractivity contribution is -0.122. The van der Waals surface area contributed by atoms with E-state index >= 15 is 0 Å². The van der Waals surface area contributed by atoms with E-state index in [2.05, 4.69) is 18.5 Å². The van der Waals surface area contributed by atoms with E-state index in [0.29, 0.717) is 27.4 Å². The first-order chi connectivity index (χ1) is 12.9. The second kappa shape index (κ2) is 9.55. The van der Waals surface area contributed by atoms with Gasteiger partial charge in [-0.05, 0) is 36.8 Å². The Bertz CT molecular complexity index is 901. The summed E-state index contributed by atoms with van der Waals surface area (Å²) in [6, 6.07) is 13.5. The van der Waals surface area contributed by atoms with Gasteiger partial charge in [-0.1, -0.05) is 61.2 Å². The van der Waals surface area contributed by atoms with Gasteiger partial charge in [0.2, 0.25) is 0 Å². The van der Waals surface area contributed by atoms with Gasteiger partial charge in [-0.15, -0.1) is 0 Å². The molecule has 138 valence electrons. The predicted octanol–water partition coefficient (Wildman–Crippen LogP) is 4.71. The Morgan fingerprint density at radius 2 is 1.89 bits per heavy atom. The zero-order valence-electron chi connectivity index (χ0n) is 15.0. The highest BCUT2D eigenvalue weighted by molar-refractivity contribution is 6.31. The van der Waals surface area contributed by atoms with Crippen molar-refractivity contribution in [2.45, 2.75) is 6.92 Å². The number of ketones is 1. The van der Waals surface area contributed by atoms with Crippen LogP contribution in [-0.2, 0) is 4.79 Å². The van der Waals surface area contributed by atoms with Crippen molar-refractivity contribution >= 4 is 23.3 Å². The number of rotatable bonds is 8. The van der Waals surface area contributed by atoms with Crippen LogP contribution in [0.4, 0.5) is 0 Å². The van der Waals surface area contributed by atoms with E-state index in [-0.39, 0.29) is 24.0 Å². The molecule has 0 aliphatic heterocycles. The highest BCUT2D eigenvalue weighted by Gasteiger charge is 2.16. The summed E-state index contributed by atoms with van der Waals surface area (Å²) in [4.78, 5) is 24.9. The average Bonchev–Trinajstić information content (AvgIpc) is 2.66. The molecule has 0 fully saturated rings. The first-order valence-corrected chi connectivity index (χ1v) is 8.60. The van der Waals surface area contributed by atoms with Crippen molar-refractivity contribution in [2.24, 2.45) is 0 Å². The Labute approximate surface area is 163 Å². The lowest BCUT2D eigenvalue weighted by Crippen LogP contribution is -2.29. The van der Waals surface area contributed by atoms with Gasteiger partial charge < -0.3 is 10.1 Å². The molecule has 0 unspecified atom stereocenters. The number of nitrogens with one attached hydrogen (secondary N) is 1. The number of carbonyl (C=O) groups excluding carboxylic acids is 2. The molecule has 0 aromatic heterocycles. The second-order valence-electron chi connectivity index (χ2n) is 5.77. The summed E-state index contributed by atoms with van der Waals surface area (Å²) in [5.74, 6) is -0.324. The third kappa shape index (κ3) is 5.69. The Kier molecular flexibility index (Phi) is 7.15.